The molecule has 18 heavy (non-hydrogen) atoms. The maximum Gasteiger partial charge on any atom is -0.0143 e. The van der Waals surface area contributed by atoms with E-state index in [9.17, 15) is 0 Å². The first kappa shape index (κ1) is 13.6. The third-order valence-electron chi connectivity index (χ3n) is 4.68. The van der Waals surface area contributed by atoms with Crippen molar-refractivity contribution in [1.82, 2.24) is 0 Å². The van der Waals surface area contributed by atoms with Crippen molar-refractivity contribution >= 4 is 0 Å². The van der Waals surface area contributed by atoms with E-state index in [2.05, 4.69) is 52.0 Å². The first-order valence-electron chi connectivity index (χ1n) is 7.59. The zero-order valence-corrected chi connectivity index (χ0v) is 12.4. The molecule has 0 aromatic heterocycles. The highest BCUT2D eigenvalue weighted by Crippen LogP contribution is 2.38. The van der Waals surface area contributed by atoms with Crippen molar-refractivity contribution in [2.24, 2.45) is 11.8 Å². The van der Waals surface area contributed by atoms with Gasteiger partial charge >= 0.3 is 0 Å². The molecule has 0 amide bonds. The van der Waals surface area contributed by atoms with Crippen LogP contribution in [0.5, 0.6) is 0 Å². The Hall–Kier alpha value is -0.780. The van der Waals surface area contributed by atoms with Gasteiger partial charge in [0, 0.05) is 0 Å². The van der Waals surface area contributed by atoms with Crippen LogP contribution in [0, 0.1) is 17.9 Å². The van der Waals surface area contributed by atoms with Crippen LogP contribution in [0.2, 0.25) is 0 Å². The molecule has 1 fully saturated rings. The average molecular weight is 243 g/mol. The van der Waals surface area contributed by atoms with E-state index in [0.717, 1.165) is 17.8 Å². The minimum Gasteiger partial charge on any atom is -0.0625 e. The van der Waals surface area contributed by atoms with Gasteiger partial charge in [0.25, 0.3) is 0 Å². The Morgan fingerprint density at radius 3 is 2.11 bits per heavy atom. The third-order valence-corrected chi connectivity index (χ3v) is 4.68. The standard InChI is InChI=1S/C18H27/c1-13(2)15-5-9-17(10-6-15)18-11-7-16(8-12-18)14(3)4/h5-6,9,13-14,16,18H,7-8,11-12H2,1-4H3. The summed E-state index contributed by atoms with van der Waals surface area (Å²) >= 11 is 0. The van der Waals surface area contributed by atoms with Crippen LogP contribution in [0.25, 0.3) is 0 Å². The summed E-state index contributed by atoms with van der Waals surface area (Å²) in [6.07, 6.45) is 5.53. The van der Waals surface area contributed by atoms with E-state index >= 15 is 0 Å². The molecule has 1 radical (unpaired) electrons. The molecule has 0 aliphatic heterocycles. The van der Waals surface area contributed by atoms with Crippen LogP contribution < -0.4 is 0 Å². The Morgan fingerprint density at radius 1 is 1.00 bits per heavy atom. The second-order valence-electron chi connectivity index (χ2n) is 6.59. The van der Waals surface area contributed by atoms with E-state index in [4.69, 9.17) is 0 Å². The highest BCUT2D eigenvalue weighted by Gasteiger charge is 2.24. The molecule has 0 saturated heterocycles. The molecule has 0 nitrogen and oxygen atoms in total. The lowest BCUT2D eigenvalue weighted by atomic mass is 9.74. The zero-order chi connectivity index (χ0) is 13.1. The van der Waals surface area contributed by atoms with Crippen molar-refractivity contribution in [3.63, 3.8) is 0 Å². The van der Waals surface area contributed by atoms with E-state index in [1.807, 2.05) is 0 Å². The van der Waals surface area contributed by atoms with Crippen LogP contribution in [0.1, 0.15) is 76.3 Å². The molecular formula is C18H27. The Kier molecular flexibility index (Phi) is 4.48. The van der Waals surface area contributed by atoms with Gasteiger partial charge < -0.3 is 0 Å². The molecule has 1 aromatic carbocycles. The lowest BCUT2D eigenvalue weighted by Gasteiger charge is -2.31. The fourth-order valence-corrected chi connectivity index (χ4v) is 3.16. The maximum absolute atomic E-state index is 3.53. The van der Waals surface area contributed by atoms with E-state index in [-0.39, 0.29) is 0 Å². The van der Waals surface area contributed by atoms with Crippen LogP contribution in [0.3, 0.4) is 0 Å². The predicted octanol–water partition coefficient (Wildman–Crippen LogP) is 5.54. The zero-order valence-electron chi connectivity index (χ0n) is 12.4. The monoisotopic (exact) mass is 243 g/mol. The molecule has 99 valence electrons. The van der Waals surface area contributed by atoms with Gasteiger partial charge in [0.1, 0.15) is 0 Å². The Bertz CT molecular complexity index is 350. The van der Waals surface area contributed by atoms with Gasteiger partial charge in [-0.05, 0) is 66.5 Å². The largest absolute Gasteiger partial charge is 0.0625 e. The predicted molar refractivity (Wildman–Crippen MR) is 78.9 cm³/mol. The molecule has 2 rings (SSSR count). The van der Waals surface area contributed by atoms with Gasteiger partial charge in [-0.3, -0.25) is 0 Å². The quantitative estimate of drug-likeness (QED) is 0.654. The minimum absolute atomic E-state index is 0.618. The first-order valence-corrected chi connectivity index (χ1v) is 7.59. The van der Waals surface area contributed by atoms with Crippen LogP contribution in [0.15, 0.2) is 18.2 Å². The Labute approximate surface area is 113 Å². The van der Waals surface area contributed by atoms with Crippen LogP contribution in [-0.2, 0) is 0 Å². The van der Waals surface area contributed by atoms with Gasteiger partial charge in [-0.2, -0.15) is 0 Å². The average Bonchev–Trinajstić information content (AvgIpc) is 2.39. The highest BCUT2D eigenvalue weighted by atomic mass is 14.3. The maximum atomic E-state index is 3.53. The van der Waals surface area contributed by atoms with E-state index in [1.165, 1.54) is 36.8 Å². The van der Waals surface area contributed by atoms with E-state index < -0.39 is 0 Å². The van der Waals surface area contributed by atoms with Gasteiger partial charge in [-0.25, -0.2) is 0 Å². The van der Waals surface area contributed by atoms with E-state index in [1.54, 1.807) is 0 Å². The van der Waals surface area contributed by atoms with Crippen LogP contribution in [0.4, 0.5) is 0 Å². The van der Waals surface area contributed by atoms with Gasteiger partial charge in [-0.15, -0.1) is 0 Å². The lowest BCUT2D eigenvalue weighted by Crippen LogP contribution is -2.17. The fourth-order valence-electron chi connectivity index (χ4n) is 3.16. The summed E-state index contributed by atoms with van der Waals surface area (Å²) in [7, 11) is 0. The van der Waals surface area contributed by atoms with Crippen LogP contribution >= 0.6 is 0 Å². The summed E-state index contributed by atoms with van der Waals surface area (Å²) in [6, 6.07) is 10.3. The summed E-state index contributed by atoms with van der Waals surface area (Å²) in [6.45, 7) is 9.23. The van der Waals surface area contributed by atoms with Gasteiger partial charge in [0.15, 0.2) is 0 Å². The number of benzene rings is 1. The first-order chi connectivity index (χ1) is 8.58. The fraction of sp³-hybridized carbons (Fsp3) is 0.667. The molecule has 0 spiro atoms. The molecule has 1 aromatic rings. The molecule has 0 heterocycles. The molecule has 0 bridgehead atoms. The molecule has 1 aliphatic rings. The summed E-state index contributed by atoms with van der Waals surface area (Å²) in [5, 5.41) is 0. The van der Waals surface area contributed by atoms with Crippen molar-refractivity contribution in [3.8, 4) is 0 Å². The second kappa shape index (κ2) is 5.91. The van der Waals surface area contributed by atoms with Crippen molar-refractivity contribution in [1.29, 1.82) is 0 Å². The Balaban J connectivity index is 1.97. The molecule has 0 unspecified atom stereocenters. The Morgan fingerprint density at radius 2 is 1.67 bits per heavy atom. The summed E-state index contributed by atoms with van der Waals surface area (Å²) in [4.78, 5) is 0. The summed E-state index contributed by atoms with van der Waals surface area (Å²) in [5.41, 5.74) is 2.86. The molecule has 0 heteroatoms. The smallest absolute Gasteiger partial charge is 0.0143 e. The molecule has 0 N–H and O–H groups in total. The number of hydrogen-bond donors (Lipinski definition) is 0. The van der Waals surface area contributed by atoms with Crippen molar-refractivity contribution in [3.05, 3.63) is 35.4 Å². The molecule has 1 saturated carbocycles. The van der Waals surface area contributed by atoms with Crippen molar-refractivity contribution in [2.75, 3.05) is 0 Å². The van der Waals surface area contributed by atoms with Crippen molar-refractivity contribution < 1.29 is 0 Å². The summed E-state index contributed by atoms with van der Waals surface area (Å²) < 4.78 is 0. The number of rotatable bonds is 3. The van der Waals surface area contributed by atoms with Crippen LogP contribution in [-0.4, -0.2) is 0 Å². The minimum atomic E-state index is 0.618. The molecular weight excluding hydrogens is 216 g/mol. The highest BCUT2D eigenvalue weighted by molar-refractivity contribution is 5.26. The van der Waals surface area contributed by atoms with Gasteiger partial charge in [0.05, 0.1) is 0 Å². The van der Waals surface area contributed by atoms with Crippen molar-refractivity contribution in [2.45, 2.75) is 65.2 Å². The SMILES string of the molecule is CC(C)c1c[c]c(C2CCC(C(C)C)CC2)cc1. The van der Waals surface area contributed by atoms with Gasteiger partial charge in [0.2, 0.25) is 0 Å². The molecule has 0 atom stereocenters. The molecule has 1 aliphatic carbocycles. The van der Waals surface area contributed by atoms with Gasteiger partial charge in [-0.1, -0.05) is 45.9 Å². The number of hydrogen-bond acceptors (Lipinski definition) is 0. The van der Waals surface area contributed by atoms with E-state index in [0.29, 0.717) is 5.92 Å². The lowest BCUT2D eigenvalue weighted by molar-refractivity contribution is 0.259. The second-order valence-corrected chi connectivity index (χ2v) is 6.59. The third kappa shape index (κ3) is 3.16. The topological polar surface area (TPSA) is 0 Å². The normalized spacial score (nSPS) is 24.8. The summed E-state index contributed by atoms with van der Waals surface area (Å²) in [5.74, 6) is 3.20.